The summed E-state index contributed by atoms with van der Waals surface area (Å²) in [5.41, 5.74) is 1.43. The summed E-state index contributed by atoms with van der Waals surface area (Å²) in [4.78, 5) is 16.6. The SMILES string of the molecule is Cc1nc(COc2ccccc2C(=O)OCc2ccccc2F)cs1. The predicted octanol–water partition coefficient (Wildman–Crippen LogP) is 4.53. The highest BCUT2D eigenvalue weighted by atomic mass is 32.1. The summed E-state index contributed by atoms with van der Waals surface area (Å²) in [5.74, 6) is -0.557. The van der Waals surface area contributed by atoms with E-state index in [9.17, 15) is 9.18 Å². The van der Waals surface area contributed by atoms with Crippen LogP contribution >= 0.6 is 11.3 Å². The van der Waals surface area contributed by atoms with E-state index in [4.69, 9.17) is 9.47 Å². The molecule has 3 aromatic rings. The van der Waals surface area contributed by atoms with Crippen molar-refractivity contribution >= 4 is 17.3 Å². The van der Waals surface area contributed by atoms with Gasteiger partial charge in [-0.3, -0.25) is 0 Å². The molecule has 0 aliphatic carbocycles. The second-order valence-corrected chi connectivity index (χ2v) is 6.37. The zero-order valence-electron chi connectivity index (χ0n) is 13.6. The molecule has 0 spiro atoms. The van der Waals surface area contributed by atoms with Crippen LogP contribution in [0.2, 0.25) is 0 Å². The Bertz CT molecular complexity index is 878. The van der Waals surface area contributed by atoms with Crippen LogP contribution in [-0.2, 0) is 18.0 Å². The lowest BCUT2D eigenvalue weighted by atomic mass is 10.2. The van der Waals surface area contributed by atoms with Crippen molar-refractivity contribution in [3.05, 3.63) is 81.6 Å². The van der Waals surface area contributed by atoms with Crippen molar-refractivity contribution < 1.29 is 18.7 Å². The largest absolute Gasteiger partial charge is 0.486 e. The maximum atomic E-state index is 13.6. The van der Waals surface area contributed by atoms with Gasteiger partial charge in [0.05, 0.1) is 10.7 Å². The van der Waals surface area contributed by atoms with E-state index in [1.165, 1.54) is 17.4 Å². The molecule has 0 unspecified atom stereocenters. The van der Waals surface area contributed by atoms with Gasteiger partial charge in [0.15, 0.2) is 0 Å². The highest BCUT2D eigenvalue weighted by Crippen LogP contribution is 2.21. The Morgan fingerprint density at radius 1 is 1.12 bits per heavy atom. The van der Waals surface area contributed by atoms with Crippen LogP contribution in [0.25, 0.3) is 0 Å². The fourth-order valence-electron chi connectivity index (χ4n) is 2.22. The van der Waals surface area contributed by atoms with E-state index < -0.39 is 11.8 Å². The van der Waals surface area contributed by atoms with Gasteiger partial charge in [-0.1, -0.05) is 30.3 Å². The Hall–Kier alpha value is -2.73. The molecule has 1 aromatic heterocycles. The van der Waals surface area contributed by atoms with Crippen molar-refractivity contribution in [2.75, 3.05) is 0 Å². The second kappa shape index (κ2) is 7.90. The zero-order valence-corrected chi connectivity index (χ0v) is 14.4. The standard InChI is InChI=1S/C19H16FNO3S/c1-13-21-15(12-25-13)11-23-18-9-5-3-7-16(18)19(22)24-10-14-6-2-4-8-17(14)20/h2-9,12H,10-11H2,1H3. The number of aromatic nitrogens is 1. The first-order valence-electron chi connectivity index (χ1n) is 7.67. The van der Waals surface area contributed by atoms with Crippen LogP contribution in [0, 0.1) is 12.7 Å². The van der Waals surface area contributed by atoms with Gasteiger partial charge in [-0.15, -0.1) is 11.3 Å². The van der Waals surface area contributed by atoms with E-state index in [-0.39, 0.29) is 13.2 Å². The highest BCUT2D eigenvalue weighted by Gasteiger charge is 2.15. The Labute approximate surface area is 148 Å². The normalized spacial score (nSPS) is 10.5. The van der Waals surface area contributed by atoms with Gasteiger partial charge in [0, 0.05) is 10.9 Å². The van der Waals surface area contributed by atoms with Gasteiger partial charge in [0.2, 0.25) is 0 Å². The highest BCUT2D eigenvalue weighted by molar-refractivity contribution is 7.09. The molecule has 0 saturated heterocycles. The van der Waals surface area contributed by atoms with Gasteiger partial charge in [-0.2, -0.15) is 0 Å². The molecule has 0 bridgehead atoms. The lowest BCUT2D eigenvalue weighted by Gasteiger charge is -2.11. The molecule has 1 heterocycles. The smallest absolute Gasteiger partial charge is 0.342 e. The number of carbonyl (C=O) groups is 1. The van der Waals surface area contributed by atoms with Crippen LogP contribution in [0.4, 0.5) is 4.39 Å². The summed E-state index contributed by atoms with van der Waals surface area (Å²) in [7, 11) is 0. The average Bonchev–Trinajstić information content (AvgIpc) is 3.04. The fraction of sp³-hybridized carbons (Fsp3) is 0.158. The number of carbonyl (C=O) groups excluding carboxylic acids is 1. The first-order valence-corrected chi connectivity index (χ1v) is 8.55. The molecule has 0 aliphatic heterocycles. The van der Waals surface area contributed by atoms with Crippen LogP contribution in [-0.4, -0.2) is 11.0 Å². The van der Waals surface area contributed by atoms with E-state index in [2.05, 4.69) is 4.98 Å². The molecule has 6 heteroatoms. The average molecular weight is 357 g/mol. The Morgan fingerprint density at radius 3 is 2.64 bits per heavy atom. The Morgan fingerprint density at radius 2 is 1.88 bits per heavy atom. The third-order valence-corrected chi connectivity index (χ3v) is 4.29. The van der Waals surface area contributed by atoms with Gasteiger partial charge in [0.25, 0.3) is 0 Å². The van der Waals surface area contributed by atoms with E-state index in [1.54, 1.807) is 42.5 Å². The van der Waals surface area contributed by atoms with Crippen molar-refractivity contribution in [2.45, 2.75) is 20.1 Å². The fourth-order valence-corrected chi connectivity index (χ4v) is 2.82. The number of rotatable bonds is 6. The number of ether oxygens (including phenoxy) is 2. The summed E-state index contributed by atoms with van der Waals surface area (Å²) >= 11 is 1.54. The minimum absolute atomic E-state index is 0.134. The van der Waals surface area contributed by atoms with Crippen molar-refractivity contribution in [2.24, 2.45) is 0 Å². The minimum atomic E-state index is -0.562. The molecule has 0 fully saturated rings. The summed E-state index contributed by atoms with van der Waals surface area (Å²) in [6.07, 6.45) is 0. The topological polar surface area (TPSA) is 48.4 Å². The van der Waals surface area contributed by atoms with E-state index in [1.807, 2.05) is 12.3 Å². The summed E-state index contributed by atoms with van der Waals surface area (Å²) in [6, 6.07) is 13.0. The first kappa shape index (κ1) is 17.1. The number of nitrogens with zero attached hydrogens (tertiary/aromatic N) is 1. The number of esters is 1. The van der Waals surface area contributed by atoms with Gasteiger partial charge >= 0.3 is 5.97 Å². The molecule has 2 aromatic carbocycles. The molecule has 25 heavy (non-hydrogen) atoms. The number of thiazole rings is 1. The van der Waals surface area contributed by atoms with E-state index >= 15 is 0 Å². The van der Waals surface area contributed by atoms with Crippen LogP contribution in [0.3, 0.4) is 0 Å². The zero-order chi connectivity index (χ0) is 17.6. The number of para-hydroxylation sites is 1. The number of benzene rings is 2. The minimum Gasteiger partial charge on any atom is -0.486 e. The molecule has 128 valence electrons. The Kier molecular flexibility index (Phi) is 5.40. The van der Waals surface area contributed by atoms with Crippen molar-refractivity contribution in [3.8, 4) is 5.75 Å². The summed E-state index contributed by atoms with van der Waals surface area (Å²) in [6.45, 7) is 2.05. The number of aryl methyl sites for hydroxylation is 1. The van der Waals surface area contributed by atoms with Gasteiger partial charge < -0.3 is 9.47 Å². The molecule has 0 N–H and O–H groups in total. The maximum absolute atomic E-state index is 13.6. The molecular formula is C19H16FNO3S. The molecule has 0 amide bonds. The molecule has 0 atom stereocenters. The van der Waals surface area contributed by atoms with Gasteiger partial charge in [0.1, 0.15) is 30.3 Å². The third kappa shape index (κ3) is 4.42. The molecular weight excluding hydrogens is 341 g/mol. The lowest BCUT2D eigenvalue weighted by molar-refractivity contribution is 0.0464. The van der Waals surface area contributed by atoms with Crippen LogP contribution < -0.4 is 4.74 Å². The van der Waals surface area contributed by atoms with Crippen LogP contribution in [0.5, 0.6) is 5.75 Å². The molecule has 3 rings (SSSR count). The number of halogens is 1. The maximum Gasteiger partial charge on any atom is 0.342 e. The first-order chi connectivity index (χ1) is 12.1. The number of hydrogen-bond acceptors (Lipinski definition) is 5. The summed E-state index contributed by atoms with van der Waals surface area (Å²) < 4.78 is 24.5. The molecule has 4 nitrogen and oxygen atoms in total. The quantitative estimate of drug-likeness (QED) is 0.608. The summed E-state index contributed by atoms with van der Waals surface area (Å²) in [5, 5.41) is 2.87. The molecule has 0 radical (unpaired) electrons. The Balaban J connectivity index is 1.67. The predicted molar refractivity (Wildman–Crippen MR) is 93.1 cm³/mol. The van der Waals surface area contributed by atoms with Crippen LogP contribution in [0.1, 0.15) is 26.6 Å². The van der Waals surface area contributed by atoms with E-state index in [0.29, 0.717) is 16.9 Å². The van der Waals surface area contributed by atoms with Gasteiger partial charge in [-0.05, 0) is 25.1 Å². The number of hydrogen-bond donors (Lipinski definition) is 0. The monoisotopic (exact) mass is 357 g/mol. The van der Waals surface area contributed by atoms with E-state index in [0.717, 1.165) is 10.7 Å². The van der Waals surface area contributed by atoms with Crippen molar-refractivity contribution in [3.63, 3.8) is 0 Å². The molecule has 0 aliphatic rings. The van der Waals surface area contributed by atoms with Crippen LogP contribution in [0.15, 0.2) is 53.9 Å². The molecule has 0 saturated carbocycles. The van der Waals surface area contributed by atoms with Crippen molar-refractivity contribution in [1.29, 1.82) is 0 Å². The second-order valence-electron chi connectivity index (χ2n) is 5.31. The third-order valence-electron chi connectivity index (χ3n) is 3.47. The lowest BCUT2D eigenvalue weighted by Crippen LogP contribution is -2.09. The van der Waals surface area contributed by atoms with Gasteiger partial charge in [-0.25, -0.2) is 14.2 Å². The van der Waals surface area contributed by atoms with Crippen molar-refractivity contribution in [1.82, 2.24) is 4.98 Å².